The lowest BCUT2D eigenvalue weighted by atomic mass is 10.0. The van der Waals surface area contributed by atoms with E-state index in [0.29, 0.717) is 5.92 Å². The summed E-state index contributed by atoms with van der Waals surface area (Å²) in [7, 11) is 1.39. The Hall–Kier alpha value is -2.65. The summed E-state index contributed by atoms with van der Waals surface area (Å²) in [6.07, 6.45) is 0. The van der Waals surface area contributed by atoms with Gasteiger partial charge in [-0.3, -0.25) is 4.79 Å². The molecular weight excluding hydrogens is 340 g/mol. The van der Waals surface area contributed by atoms with Gasteiger partial charge in [0.25, 0.3) is 0 Å². The van der Waals surface area contributed by atoms with E-state index >= 15 is 0 Å². The Morgan fingerprint density at radius 2 is 1.54 bits per heavy atom. The van der Waals surface area contributed by atoms with Gasteiger partial charge in [0, 0.05) is 22.6 Å². The predicted octanol–water partition coefficient (Wildman–Crippen LogP) is 6.22. The second-order valence-electron chi connectivity index (χ2n) is 6.72. The van der Waals surface area contributed by atoms with Crippen molar-refractivity contribution < 1.29 is 4.74 Å². The van der Waals surface area contributed by atoms with E-state index in [1.165, 1.54) is 10.5 Å². The summed E-state index contributed by atoms with van der Waals surface area (Å²) in [5.41, 5.74) is 1.34. The topological polar surface area (TPSA) is 26.3 Å². The van der Waals surface area contributed by atoms with Crippen molar-refractivity contribution in [3.8, 4) is 10.6 Å². The number of hydrogen-bond acceptors (Lipinski definition) is 2. The Morgan fingerprint density at radius 1 is 0.846 bits per heavy atom. The number of rotatable bonds is 3. The van der Waals surface area contributed by atoms with Crippen LogP contribution >= 0.6 is 10.5 Å². The first-order chi connectivity index (χ1) is 12.6. The summed E-state index contributed by atoms with van der Waals surface area (Å²) in [6.45, 7) is 4.32. The van der Waals surface area contributed by atoms with Crippen molar-refractivity contribution in [2.24, 2.45) is 0 Å². The van der Waals surface area contributed by atoms with Crippen molar-refractivity contribution in [2.45, 2.75) is 19.8 Å². The van der Waals surface area contributed by atoms with Crippen LogP contribution in [0.15, 0.2) is 71.5 Å². The van der Waals surface area contributed by atoms with E-state index < -0.39 is 0 Å². The Morgan fingerprint density at radius 3 is 2.23 bits per heavy atom. The highest BCUT2D eigenvalue weighted by Gasteiger charge is 2.23. The minimum Gasteiger partial charge on any atom is -0.497 e. The highest BCUT2D eigenvalue weighted by atomic mass is 32.2. The van der Waals surface area contributed by atoms with Crippen LogP contribution < -0.4 is 10.2 Å². The first kappa shape index (κ1) is 16.8. The third-order valence-electron chi connectivity index (χ3n) is 4.78. The van der Waals surface area contributed by atoms with E-state index in [0.717, 1.165) is 25.9 Å². The van der Waals surface area contributed by atoms with Crippen LogP contribution in [0.4, 0.5) is 0 Å². The van der Waals surface area contributed by atoms with E-state index in [-0.39, 0.29) is 15.9 Å². The monoisotopic (exact) mass is 361 g/mol. The van der Waals surface area contributed by atoms with Gasteiger partial charge < -0.3 is 4.74 Å². The number of ether oxygens (including phenoxy) is 1. The number of methoxy groups -OCH3 is 1. The molecule has 3 aromatic carbocycles. The molecule has 1 unspecified atom stereocenters. The molecule has 0 saturated carbocycles. The molecule has 0 spiro atoms. The molecule has 1 heterocycles. The van der Waals surface area contributed by atoms with Gasteiger partial charge in [0.1, 0.15) is 5.75 Å². The third-order valence-corrected chi connectivity index (χ3v) is 7.12. The zero-order valence-corrected chi connectivity index (χ0v) is 16.0. The molecule has 1 aromatic heterocycles. The van der Waals surface area contributed by atoms with Gasteiger partial charge in [0.15, 0.2) is 14.3 Å². The molecule has 130 valence electrons. The molecule has 4 aromatic rings. The second-order valence-corrected chi connectivity index (χ2v) is 8.68. The molecule has 26 heavy (non-hydrogen) atoms. The fourth-order valence-corrected chi connectivity index (χ4v) is 5.65. The molecule has 0 bridgehead atoms. The van der Waals surface area contributed by atoms with Crippen molar-refractivity contribution in [1.29, 1.82) is 0 Å². The molecule has 0 radical (unpaired) electrons. The van der Waals surface area contributed by atoms with Crippen LogP contribution in [0.1, 0.15) is 25.3 Å². The summed E-state index contributed by atoms with van der Waals surface area (Å²) in [5.74, 6) is 1.24. The number of benzene rings is 3. The van der Waals surface area contributed by atoms with Gasteiger partial charge in [0.05, 0.1) is 17.9 Å². The summed E-state index contributed by atoms with van der Waals surface area (Å²) >= 11 is 0. The molecule has 0 aliphatic rings. The molecule has 4 rings (SSSR count). The predicted molar refractivity (Wildman–Crippen MR) is 112 cm³/mol. The molecule has 0 aliphatic heterocycles. The Balaban J connectivity index is 2.14. The third kappa shape index (κ3) is 2.69. The van der Waals surface area contributed by atoms with Crippen LogP contribution in [0.2, 0.25) is 0 Å². The Bertz CT molecular complexity index is 1150. The highest BCUT2D eigenvalue weighted by Crippen LogP contribution is 2.43. The van der Waals surface area contributed by atoms with Crippen LogP contribution in [-0.2, 0) is 0 Å². The minimum absolute atomic E-state index is 0.135. The van der Waals surface area contributed by atoms with Crippen LogP contribution in [0.25, 0.3) is 25.1 Å². The number of fused-ring (bicyclic) bond motifs is 2. The van der Waals surface area contributed by atoms with E-state index in [1.54, 1.807) is 7.11 Å². The zero-order valence-electron chi connectivity index (χ0n) is 15.2. The smallest absolute Gasteiger partial charge is 0.203 e. The SMILES string of the molecule is COc1ccc(-[s+]2c3ccccc3c(=O)c3cc(C(C)C)ccc32)cc1. The molecule has 0 aliphatic carbocycles. The average molecular weight is 361 g/mol. The first-order valence-corrected chi connectivity index (χ1v) is 9.98. The van der Waals surface area contributed by atoms with Gasteiger partial charge in [0.2, 0.25) is 5.43 Å². The normalized spacial score (nSPS) is 12.1. The van der Waals surface area contributed by atoms with E-state index in [4.69, 9.17) is 4.74 Å². The van der Waals surface area contributed by atoms with Crippen LogP contribution in [0.3, 0.4) is 0 Å². The lowest BCUT2D eigenvalue weighted by Crippen LogP contribution is -2.03. The second kappa shape index (κ2) is 6.58. The molecule has 0 N–H and O–H groups in total. The summed E-state index contributed by atoms with van der Waals surface area (Å²) < 4.78 is 7.52. The van der Waals surface area contributed by atoms with E-state index in [2.05, 4.69) is 50.2 Å². The Kier molecular flexibility index (Phi) is 4.25. The molecular formula is C23H21O2S+. The first-order valence-electron chi connectivity index (χ1n) is 8.76. The van der Waals surface area contributed by atoms with Crippen molar-refractivity contribution in [3.63, 3.8) is 0 Å². The van der Waals surface area contributed by atoms with Crippen LogP contribution in [0, 0.1) is 0 Å². The van der Waals surface area contributed by atoms with Gasteiger partial charge in [-0.1, -0.05) is 32.0 Å². The molecule has 3 heteroatoms. The maximum Gasteiger partial charge on any atom is 0.203 e. The van der Waals surface area contributed by atoms with Crippen molar-refractivity contribution >= 4 is 30.6 Å². The Labute approximate surface area is 155 Å². The highest BCUT2D eigenvalue weighted by molar-refractivity contribution is 7.49. The molecule has 0 amide bonds. The fourth-order valence-electron chi connectivity index (χ4n) is 3.32. The van der Waals surface area contributed by atoms with Gasteiger partial charge in [-0.2, -0.15) is 0 Å². The largest absolute Gasteiger partial charge is 0.497 e. The molecule has 0 saturated heterocycles. The van der Waals surface area contributed by atoms with Crippen molar-refractivity contribution in [2.75, 3.05) is 7.11 Å². The van der Waals surface area contributed by atoms with Crippen LogP contribution in [0.5, 0.6) is 5.75 Å². The minimum atomic E-state index is -0.287. The van der Waals surface area contributed by atoms with Gasteiger partial charge in [-0.25, -0.2) is 0 Å². The lowest BCUT2D eigenvalue weighted by Gasteiger charge is -2.08. The molecule has 0 fully saturated rings. The maximum atomic E-state index is 13.1. The van der Waals surface area contributed by atoms with Crippen molar-refractivity contribution in [1.82, 2.24) is 0 Å². The quantitative estimate of drug-likeness (QED) is 0.320. The standard InChI is InChI=1S/C23H21O2S/c1-15(2)16-8-13-22-20(14-16)23(24)19-6-4-5-7-21(19)26(22)18-11-9-17(25-3)10-12-18/h4-15H,1-3H3/q+1. The lowest BCUT2D eigenvalue weighted by molar-refractivity contribution is 0.415. The molecule has 2 nitrogen and oxygen atoms in total. The summed E-state index contributed by atoms with van der Waals surface area (Å²) in [4.78, 5) is 14.3. The van der Waals surface area contributed by atoms with Crippen molar-refractivity contribution in [3.05, 3.63) is 82.5 Å². The zero-order chi connectivity index (χ0) is 18.3. The summed E-state index contributed by atoms with van der Waals surface area (Å²) in [5, 5.41) is 1.66. The van der Waals surface area contributed by atoms with Gasteiger partial charge >= 0.3 is 0 Å². The molecule has 1 atom stereocenters. The van der Waals surface area contributed by atoms with E-state index in [9.17, 15) is 4.79 Å². The van der Waals surface area contributed by atoms with Gasteiger partial charge in [-0.15, -0.1) is 0 Å². The van der Waals surface area contributed by atoms with E-state index in [1.807, 2.05) is 30.3 Å². The maximum absolute atomic E-state index is 13.1. The summed E-state index contributed by atoms with van der Waals surface area (Å²) in [6, 6.07) is 22.6. The average Bonchev–Trinajstić information content (AvgIpc) is 2.68. The number of hydrogen-bond donors (Lipinski definition) is 0. The van der Waals surface area contributed by atoms with Gasteiger partial charge in [-0.05, 0) is 47.9 Å². The fraction of sp³-hybridized carbons (Fsp3) is 0.174. The van der Waals surface area contributed by atoms with Crippen LogP contribution in [-0.4, -0.2) is 7.11 Å².